The number of imide groups is 1. The number of methoxy groups -OCH3 is 1. The fraction of sp³-hybridized carbons (Fsp3) is 0.185. The molecule has 2 amide bonds. The monoisotopic (exact) mass is 499 g/mol. The van der Waals surface area contributed by atoms with Crippen molar-refractivity contribution in [3.8, 4) is 0 Å². The molecule has 1 N–H and O–H groups in total. The van der Waals surface area contributed by atoms with Crippen LogP contribution in [0.1, 0.15) is 49.7 Å². The van der Waals surface area contributed by atoms with Gasteiger partial charge in [0, 0.05) is 29.5 Å². The molecule has 186 valence electrons. The van der Waals surface area contributed by atoms with Gasteiger partial charge in [0.15, 0.2) is 0 Å². The van der Waals surface area contributed by atoms with E-state index in [1.165, 1.54) is 25.3 Å². The molecule has 37 heavy (non-hydrogen) atoms. The summed E-state index contributed by atoms with van der Waals surface area (Å²) in [4.78, 5) is 70.2. The minimum Gasteiger partial charge on any atom is -0.465 e. The summed E-state index contributed by atoms with van der Waals surface area (Å²) in [7, 11) is 1.25. The number of rotatable bonds is 7. The van der Waals surface area contributed by atoms with Crippen LogP contribution in [-0.4, -0.2) is 52.3 Å². The first-order chi connectivity index (χ1) is 17.9. The number of amides is 2. The quantitative estimate of drug-likeness (QED) is 0.303. The third-order valence-corrected chi connectivity index (χ3v) is 6.17. The molecule has 0 bridgehead atoms. The van der Waals surface area contributed by atoms with Crippen molar-refractivity contribution < 1.29 is 28.7 Å². The Hall–Kier alpha value is -4.86. The van der Waals surface area contributed by atoms with E-state index in [-0.39, 0.29) is 48.3 Å². The standard InChI is InChI=1S/C27H21N3O7/c1-36-27(35)16-10-11-17-20(13-16)28-21(29-24(17)32)14-37-22(31)9-4-12-30-25(33)18-7-2-5-15-6-3-8-19(23(15)18)26(30)34/h2-3,5-8,10-11,13H,4,9,12,14H2,1H3,(H,28,29,32). The van der Waals surface area contributed by atoms with Gasteiger partial charge in [0.2, 0.25) is 0 Å². The van der Waals surface area contributed by atoms with Crippen LogP contribution in [0.15, 0.2) is 59.4 Å². The molecule has 0 atom stereocenters. The summed E-state index contributed by atoms with van der Waals surface area (Å²) in [5, 5.41) is 1.74. The summed E-state index contributed by atoms with van der Waals surface area (Å²) >= 11 is 0. The number of carbonyl (C=O) groups excluding carboxylic acids is 4. The normalized spacial score (nSPS) is 12.7. The maximum absolute atomic E-state index is 12.9. The van der Waals surface area contributed by atoms with Gasteiger partial charge >= 0.3 is 11.9 Å². The van der Waals surface area contributed by atoms with E-state index in [1.807, 2.05) is 12.1 Å². The van der Waals surface area contributed by atoms with Gasteiger partial charge in [0.1, 0.15) is 12.4 Å². The third-order valence-electron chi connectivity index (χ3n) is 6.17. The van der Waals surface area contributed by atoms with Gasteiger partial charge in [-0.05, 0) is 42.1 Å². The van der Waals surface area contributed by atoms with Crippen molar-refractivity contribution in [1.82, 2.24) is 14.9 Å². The van der Waals surface area contributed by atoms with Gasteiger partial charge in [0.25, 0.3) is 17.4 Å². The zero-order valence-electron chi connectivity index (χ0n) is 19.8. The molecular weight excluding hydrogens is 478 g/mol. The first kappa shape index (κ1) is 23.9. The molecular formula is C27H21N3O7. The summed E-state index contributed by atoms with van der Waals surface area (Å²) in [5.41, 5.74) is 0.964. The zero-order chi connectivity index (χ0) is 26.1. The van der Waals surface area contributed by atoms with E-state index < -0.39 is 29.3 Å². The molecule has 3 aromatic carbocycles. The van der Waals surface area contributed by atoms with Crippen LogP contribution in [0.3, 0.4) is 0 Å². The van der Waals surface area contributed by atoms with Crippen LogP contribution in [0.25, 0.3) is 21.7 Å². The first-order valence-corrected chi connectivity index (χ1v) is 11.5. The Morgan fingerprint density at radius 2 is 1.68 bits per heavy atom. The molecule has 4 aromatic rings. The lowest BCUT2D eigenvalue weighted by atomic mass is 9.94. The summed E-state index contributed by atoms with van der Waals surface area (Å²) in [6, 6.07) is 15.0. The van der Waals surface area contributed by atoms with E-state index >= 15 is 0 Å². The fourth-order valence-electron chi connectivity index (χ4n) is 4.39. The molecule has 0 saturated heterocycles. The molecule has 2 heterocycles. The Bertz CT molecular complexity index is 1610. The molecule has 5 rings (SSSR count). The summed E-state index contributed by atoms with van der Waals surface area (Å²) in [6.07, 6.45) is 0.159. The van der Waals surface area contributed by atoms with Gasteiger partial charge in [0.05, 0.1) is 23.6 Å². The Labute approximate surface area is 209 Å². The largest absolute Gasteiger partial charge is 0.465 e. The minimum absolute atomic E-state index is 0.0484. The van der Waals surface area contributed by atoms with Gasteiger partial charge in [-0.25, -0.2) is 9.78 Å². The van der Waals surface area contributed by atoms with E-state index in [2.05, 4.69) is 14.7 Å². The molecule has 0 aliphatic carbocycles. The second kappa shape index (κ2) is 9.65. The molecule has 0 radical (unpaired) electrons. The number of hydrogen-bond acceptors (Lipinski definition) is 8. The van der Waals surface area contributed by atoms with Gasteiger partial charge in [-0.3, -0.25) is 24.1 Å². The average molecular weight is 499 g/mol. The molecule has 0 spiro atoms. The van der Waals surface area contributed by atoms with Crippen LogP contribution in [0.2, 0.25) is 0 Å². The second-order valence-electron chi connectivity index (χ2n) is 8.47. The number of aromatic nitrogens is 2. The number of fused-ring (bicyclic) bond motifs is 1. The second-order valence-corrected chi connectivity index (χ2v) is 8.47. The number of hydrogen-bond donors (Lipinski definition) is 1. The van der Waals surface area contributed by atoms with E-state index in [4.69, 9.17) is 4.74 Å². The van der Waals surface area contributed by atoms with Crippen molar-refractivity contribution in [2.75, 3.05) is 13.7 Å². The van der Waals surface area contributed by atoms with Gasteiger partial charge in [-0.1, -0.05) is 24.3 Å². The van der Waals surface area contributed by atoms with Crippen LogP contribution in [-0.2, 0) is 20.9 Å². The number of aromatic amines is 1. The van der Waals surface area contributed by atoms with Crippen molar-refractivity contribution >= 4 is 45.4 Å². The number of carbonyl (C=O) groups is 4. The molecule has 0 unspecified atom stereocenters. The fourth-order valence-corrected chi connectivity index (χ4v) is 4.39. The van der Waals surface area contributed by atoms with Crippen molar-refractivity contribution in [3.63, 3.8) is 0 Å². The molecule has 0 fully saturated rings. The zero-order valence-corrected chi connectivity index (χ0v) is 19.8. The van der Waals surface area contributed by atoms with Crippen LogP contribution in [0, 0.1) is 0 Å². The SMILES string of the molecule is COC(=O)c1ccc2c(=O)[nH]c(COC(=O)CCCN3C(=O)c4cccc5cccc(c45)C3=O)nc2c1. The van der Waals surface area contributed by atoms with Crippen LogP contribution in [0.4, 0.5) is 0 Å². The maximum Gasteiger partial charge on any atom is 0.337 e. The number of nitrogens with zero attached hydrogens (tertiary/aromatic N) is 2. The number of nitrogens with one attached hydrogen (secondary N) is 1. The topological polar surface area (TPSA) is 136 Å². The van der Waals surface area contributed by atoms with Crippen molar-refractivity contribution in [2.45, 2.75) is 19.4 Å². The Kier molecular flexibility index (Phi) is 6.22. The average Bonchev–Trinajstić information content (AvgIpc) is 2.91. The van der Waals surface area contributed by atoms with E-state index in [0.717, 1.165) is 10.3 Å². The maximum atomic E-state index is 12.9. The molecule has 1 aliphatic heterocycles. The lowest BCUT2D eigenvalue weighted by Crippen LogP contribution is -2.41. The van der Waals surface area contributed by atoms with E-state index in [1.54, 1.807) is 24.3 Å². The minimum atomic E-state index is -0.578. The van der Waals surface area contributed by atoms with Crippen molar-refractivity contribution in [3.05, 3.63) is 87.5 Å². The lowest BCUT2D eigenvalue weighted by molar-refractivity contribution is -0.145. The Balaban J connectivity index is 1.21. The Morgan fingerprint density at radius 3 is 2.35 bits per heavy atom. The van der Waals surface area contributed by atoms with Crippen LogP contribution in [0.5, 0.6) is 0 Å². The highest BCUT2D eigenvalue weighted by Crippen LogP contribution is 2.30. The van der Waals surface area contributed by atoms with Crippen LogP contribution < -0.4 is 5.56 Å². The van der Waals surface area contributed by atoms with Gasteiger partial charge < -0.3 is 14.5 Å². The molecule has 0 saturated carbocycles. The van der Waals surface area contributed by atoms with Crippen molar-refractivity contribution in [1.29, 1.82) is 0 Å². The third kappa shape index (κ3) is 4.44. The number of ether oxygens (including phenoxy) is 2. The predicted octanol–water partition coefficient (Wildman–Crippen LogP) is 2.98. The highest BCUT2D eigenvalue weighted by atomic mass is 16.5. The lowest BCUT2D eigenvalue weighted by Gasteiger charge is -2.27. The molecule has 1 aromatic heterocycles. The van der Waals surface area contributed by atoms with E-state index in [0.29, 0.717) is 16.5 Å². The summed E-state index contributed by atoms with van der Waals surface area (Å²) in [5.74, 6) is -1.83. The number of esters is 2. The Morgan fingerprint density at radius 1 is 0.973 bits per heavy atom. The van der Waals surface area contributed by atoms with Gasteiger partial charge in [-0.15, -0.1) is 0 Å². The van der Waals surface area contributed by atoms with Crippen molar-refractivity contribution in [2.24, 2.45) is 0 Å². The van der Waals surface area contributed by atoms with Gasteiger partial charge in [-0.2, -0.15) is 0 Å². The molecule has 10 heteroatoms. The molecule has 1 aliphatic rings. The number of H-pyrrole nitrogens is 1. The predicted molar refractivity (Wildman–Crippen MR) is 132 cm³/mol. The smallest absolute Gasteiger partial charge is 0.337 e. The highest BCUT2D eigenvalue weighted by Gasteiger charge is 2.32. The summed E-state index contributed by atoms with van der Waals surface area (Å²) in [6.45, 7) is -0.234. The van der Waals surface area contributed by atoms with Crippen LogP contribution >= 0.6 is 0 Å². The highest BCUT2D eigenvalue weighted by molar-refractivity contribution is 6.25. The molecule has 10 nitrogen and oxygen atoms in total. The number of benzene rings is 3. The first-order valence-electron chi connectivity index (χ1n) is 11.5. The summed E-state index contributed by atoms with van der Waals surface area (Å²) < 4.78 is 9.91. The van der Waals surface area contributed by atoms with E-state index in [9.17, 15) is 24.0 Å².